The standard InChI is InChI=1S/C24H20F2N6OS.C4H10.C3H8O/c1-10-3-4-32(11(10)2)24-30-6-13-14-8-33-9-15(14)17(19(26)20(13)31-24)21-18-12(5-27)23(28)34-22(18)16(25)7-29-21;1-3-4-2;1-2-3-4/h6-7,10-11H,3-4,8-9,28H2,1-2H3;3-4H2,1-2H3;4H,2-3H2,1H3. The highest BCUT2D eigenvalue weighted by Crippen LogP contribution is 2.45. The van der Waals surface area contributed by atoms with Gasteiger partial charge in [-0.2, -0.15) is 5.26 Å². The Morgan fingerprint density at radius 1 is 1.12 bits per heavy atom. The molecule has 2 unspecified atom stereocenters. The summed E-state index contributed by atoms with van der Waals surface area (Å²) < 4.78 is 36.7. The molecule has 2 aliphatic heterocycles. The van der Waals surface area contributed by atoms with Crippen LogP contribution in [0.5, 0.6) is 0 Å². The first-order valence-corrected chi connectivity index (χ1v) is 15.3. The quantitative estimate of drug-likeness (QED) is 0.256. The largest absolute Gasteiger partial charge is 0.396 e. The molecule has 3 aromatic heterocycles. The highest BCUT2D eigenvalue weighted by molar-refractivity contribution is 7.23. The zero-order chi connectivity index (χ0) is 30.6. The Bertz CT molecular complexity index is 1610. The third-order valence-corrected chi connectivity index (χ3v) is 8.88. The molecule has 0 aliphatic carbocycles. The van der Waals surface area contributed by atoms with Gasteiger partial charge in [-0.3, -0.25) is 4.98 Å². The lowest BCUT2D eigenvalue weighted by atomic mass is 9.94. The Kier molecular flexibility index (Phi) is 10.2. The van der Waals surface area contributed by atoms with Crippen molar-refractivity contribution in [2.75, 3.05) is 23.8 Å². The normalized spacial score (nSPS) is 17.5. The Labute approximate surface area is 249 Å². The fourth-order valence-electron chi connectivity index (χ4n) is 5.05. The van der Waals surface area contributed by atoms with E-state index in [0.29, 0.717) is 29.4 Å². The summed E-state index contributed by atoms with van der Waals surface area (Å²) in [6.45, 7) is 12.2. The van der Waals surface area contributed by atoms with Crippen LogP contribution in [0.25, 0.3) is 32.2 Å². The number of aliphatic hydroxyl groups excluding tert-OH is 1. The molecule has 0 amide bonds. The van der Waals surface area contributed by atoms with Crippen LogP contribution in [0.1, 0.15) is 77.0 Å². The van der Waals surface area contributed by atoms with E-state index in [1.807, 2.05) is 13.0 Å². The second kappa shape index (κ2) is 13.7. The molecule has 0 spiro atoms. The summed E-state index contributed by atoms with van der Waals surface area (Å²) in [6, 6.07) is 2.27. The van der Waals surface area contributed by atoms with Crippen LogP contribution in [0.4, 0.5) is 19.7 Å². The van der Waals surface area contributed by atoms with E-state index in [-0.39, 0.29) is 56.7 Å². The van der Waals surface area contributed by atoms with Crippen molar-refractivity contribution in [2.24, 2.45) is 5.92 Å². The van der Waals surface area contributed by atoms with Crippen LogP contribution in [0.3, 0.4) is 0 Å². The molecule has 2 atom stereocenters. The van der Waals surface area contributed by atoms with Gasteiger partial charge in [-0.25, -0.2) is 18.7 Å². The van der Waals surface area contributed by atoms with Crippen LogP contribution >= 0.6 is 11.3 Å². The van der Waals surface area contributed by atoms with Crippen LogP contribution in [0.15, 0.2) is 12.4 Å². The van der Waals surface area contributed by atoms with Gasteiger partial charge in [0.15, 0.2) is 11.6 Å². The first-order chi connectivity index (χ1) is 20.2. The monoisotopic (exact) mass is 596 g/mol. The van der Waals surface area contributed by atoms with E-state index >= 15 is 4.39 Å². The van der Waals surface area contributed by atoms with Gasteiger partial charge in [0.2, 0.25) is 5.95 Å². The second-order valence-corrected chi connectivity index (χ2v) is 11.7. The van der Waals surface area contributed by atoms with Crippen molar-refractivity contribution in [3.63, 3.8) is 0 Å². The lowest BCUT2D eigenvalue weighted by Crippen LogP contribution is -2.30. The molecule has 6 rings (SSSR count). The van der Waals surface area contributed by atoms with E-state index in [1.54, 1.807) is 6.20 Å². The zero-order valence-electron chi connectivity index (χ0n) is 24.8. The molecule has 3 N–H and O–H groups in total. The number of halogens is 2. The molecule has 2 aliphatic rings. The van der Waals surface area contributed by atoms with Gasteiger partial charge in [0.1, 0.15) is 16.6 Å². The lowest BCUT2D eigenvalue weighted by Gasteiger charge is -2.24. The maximum Gasteiger partial charge on any atom is 0.226 e. The van der Waals surface area contributed by atoms with Crippen LogP contribution in [-0.2, 0) is 18.0 Å². The summed E-state index contributed by atoms with van der Waals surface area (Å²) in [5, 5.41) is 18.5. The number of nitrogens with two attached hydrogens (primary N) is 1. The van der Waals surface area contributed by atoms with E-state index in [2.05, 4.69) is 47.5 Å². The van der Waals surface area contributed by atoms with Gasteiger partial charge in [-0.15, -0.1) is 11.3 Å². The fourth-order valence-corrected chi connectivity index (χ4v) is 5.97. The van der Waals surface area contributed by atoms with Crippen molar-refractivity contribution < 1.29 is 18.6 Å². The lowest BCUT2D eigenvalue weighted by molar-refractivity contribution is 0.135. The highest BCUT2D eigenvalue weighted by Gasteiger charge is 2.32. The molecule has 8 nitrogen and oxygen atoms in total. The second-order valence-electron chi connectivity index (χ2n) is 10.6. The van der Waals surface area contributed by atoms with Gasteiger partial charge >= 0.3 is 0 Å². The smallest absolute Gasteiger partial charge is 0.226 e. The molecule has 11 heteroatoms. The molecule has 1 aromatic carbocycles. The van der Waals surface area contributed by atoms with Crippen LogP contribution in [-0.4, -0.2) is 39.3 Å². The molecular weight excluding hydrogens is 558 g/mol. The minimum Gasteiger partial charge on any atom is -0.396 e. The number of rotatable bonds is 4. The number of ether oxygens (including phenoxy) is 1. The van der Waals surface area contributed by atoms with Crippen molar-refractivity contribution in [2.45, 2.75) is 79.6 Å². The van der Waals surface area contributed by atoms with E-state index in [4.69, 9.17) is 15.6 Å². The molecule has 1 saturated heterocycles. The van der Waals surface area contributed by atoms with Crippen molar-refractivity contribution in [1.82, 2.24) is 15.0 Å². The molecule has 0 radical (unpaired) electrons. The molecular formula is C31H38F2N6O2S. The fraction of sp³-hybridized carbons (Fsp3) is 0.484. The van der Waals surface area contributed by atoms with Crippen LogP contribution in [0.2, 0.25) is 0 Å². The van der Waals surface area contributed by atoms with Crippen LogP contribution in [0, 0.1) is 28.9 Å². The molecule has 224 valence electrons. The number of thiophene rings is 1. The van der Waals surface area contributed by atoms with Gasteiger partial charge in [0.25, 0.3) is 0 Å². The number of nitrogens with zero attached hydrogens (tertiary/aromatic N) is 5. The number of aromatic nitrogens is 3. The van der Waals surface area contributed by atoms with E-state index in [1.165, 1.54) is 12.8 Å². The van der Waals surface area contributed by atoms with Crippen molar-refractivity contribution >= 4 is 43.3 Å². The van der Waals surface area contributed by atoms with Crippen molar-refractivity contribution in [1.29, 1.82) is 5.26 Å². The first kappa shape index (κ1) is 31.5. The number of anilines is 2. The maximum atomic E-state index is 16.3. The predicted octanol–water partition coefficient (Wildman–Crippen LogP) is 7.10. The summed E-state index contributed by atoms with van der Waals surface area (Å²) >= 11 is 0.955. The number of aliphatic hydroxyl groups is 1. The van der Waals surface area contributed by atoms with Gasteiger partial charge in [0, 0.05) is 41.7 Å². The number of unbranched alkanes of at least 4 members (excludes halogenated alkanes) is 1. The molecule has 42 heavy (non-hydrogen) atoms. The summed E-state index contributed by atoms with van der Waals surface area (Å²) in [5.41, 5.74) is 7.98. The van der Waals surface area contributed by atoms with Gasteiger partial charge in [-0.05, 0) is 36.8 Å². The molecule has 0 bridgehead atoms. The molecule has 5 heterocycles. The summed E-state index contributed by atoms with van der Waals surface area (Å²) in [4.78, 5) is 15.5. The number of nitriles is 1. The summed E-state index contributed by atoms with van der Waals surface area (Å²) in [7, 11) is 0. The minimum atomic E-state index is -0.604. The SMILES string of the molecule is CC1CCN(c2ncc3c4c(c(-c5ncc(F)c6sc(N)c(C#N)c56)c(F)c3n2)COC4)C1C.CCCC.CCCO. The predicted molar refractivity (Wildman–Crippen MR) is 164 cm³/mol. The number of nitrogen functional groups attached to an aromatic ring is 1. The molecule has 4 aromatic rings. The van der Waals surface area contributed by atoms with Crippen molar-refractivity contribution in [3.05, 3.63) is 40.7 Å². The summed E-state index contributed by atoms with van der Waals surface area (Å²) in [5.74, 6) is -0.231. The number of hydrogen-bond acceptors (Lipinski definition) is 9. The Hall–Kier alpha value is -3.46. The van der Waals surface area contributed by atoms with E-state index in [9.17, 15) is 9.65 Å². The van der Waals surface area contributed by atoms with E-state index < -0.39 is 11.6 Å². The molecule has 1 fully saturated rings. The third kappa shape index (κ3) is 5.76. The summed E-state index contributed by atoms with van der Waals surface area (Å²) in [6.07, 6.45) is 7.23. The average Bonchev–Trinajstić information content (AvgIpc) is 3.71. The minimum absolute atomic E-state index is 0.0948. The van der Waals surface area contributed by atoms with Gasteiger partial charge < -0.3 is 20.5 Å². The van der Waals surface area contributed by atoms with Crippen molar-refractivity contribution in [3.8, 4) is 17.3 Å². The average molecular weight is 597 g/mol. The maximum absolute atomic E-state index is 16.3. The number of hydrogen-bond donors (Lipinski definition) is 2. The van der Waals surface area contributed by atoms with Gasteiger partial charge in [0.05, 0.1) is 35.4 Å². The van der Waals surface area contributed by atoms with Gasteiger partial charge in [-0.1, -0.05) is 40.5 Å². The first-order valence-electron chi connectivity index (χ1n) is 14.5. The Morgan fingerprint density at radius 3 is 2.40 bits per heavy atom. The Balaban J connectivity index is 0.000000453. The zero-order valence-corrected chi connectivity index (χ0v) is 25.6. The Morgan fingerprint density at radius 2 is 1.81 bits per heavy atom. The number of fused-ring (bicyclic) bond motifs is 4. The highest BCUT2D eigenvalue weighted by atomic mass is 32.1. The molecule has 0 saturated carbocycles. The topological polar surface area (TPSA) is 121 Å². The number of benzene rings is 1. The third-order valence-electron chi connectivity index (χ3n) is 7.85. The van der Waals surface area contributed by atoms with Crippen LogP contribution < -0.4 is 10.6 Å². The number of pyridine rings is 1. The van der Waals surface area contributed by atoms with E-state index in [0.717, 1.165) is 42.5 Å².